The van der Waals surface area contributed by atoms with Crippen LogP contribution in [0, 0.1) is 0 Å². The zero-order valence-corrected chi connectivity index (χ0v) is 12.3. The Labute approximate surface area is 128 Å². The Hall–Kier alpha value is -2.88. The highest BCUT2D eigenvalue weighted by atomic mass is 16.4. The number of rotatable bonds is 4. The van der Waals surface area contributed by atoms with Crippen molar-refractivity contribution < 1.29 is 19.8 Å². The molecule has 22 heavy (non-hydrogen) atoms. The van der Waals surface area contributed by atoms with E-state index in [1.807, 2.05) is 24.3 Å². The average Bonchev–Trinajstić information content (AvgIpc) is 2.49. The second-order valence-electron chi connectivity index (χ2n) is 5.05. The maximum absolute atomic E-state index is 11.0. The van der Waals surface area contributed by atoms with E-state index in [0.29, 0.717) is 0 Å². The Morgan fingerprint density at radius 2 is 1.14 bits per heavy atom. The fourth-order valence-corrected chi connectivity index (χ4v) is 2.19. The third-order valence-electron chi connectivity index (χ3n) is 3.41. The zero-order valence-electron chi connectivity index (χ0n) is 12.3. The third kappa shape index (κ3) is 3.23. The molecule has 2 aromatic rings. The number of carbonyl (C=O) groups is 2. The first-order chi connectivity index (χ1) is 10.4. The number of benzene rings is 2. The quantitative estimate of drug-likeness (QED) is 0.841. The normalized spacial score (nSPS) is 12.5. The Balaban J connectivity index is 2.67. The molecule has 0 unspecified atom stereocenters. The van der Waals surface area contributed by atoms with Gasteiger partial charge in [0.1, 0.15) is 0 Å². The first kappa shape index (κ1) is 15.5. The molecule has 0 amide bonds. The highest BCUT2D eigenvalue weighted by Crippen LogP contribution is 2.26. The molecule has 112 valence electrons. The van der Waals surface area contributed by atoms with Crippen LogP contribution in [-0.2, 0) is 9.59 Å². The maximum Gasteiger partial charge on any atom is 0.331 e. The second-order valence-corrected chi connectivity index (χ2v) is 5.05. The molecule has 0 saturated carbocycles. The molecule has 4 nitrogen and oxygen atoms in total. The van der Waals surface area contributed by atoms with Crippen molar-refractivity contribution in [3.8, 4) is 0 Å². The van der Waals surface area contributed by atoms with E-state index in [-0.39, 0.29) is 11.1 Å². The fourth-order valence-electron chi connectivity index (χ4n) is 2.19. The Kier molecular flexibility index (Phi) is 4.41. The Morgan fingerprint density at radius 3 is 1.45 bits per heavy atom. The summed E-state index contributed by atoms with van der Waals surface area (Å²) in [6.45, 7) is 3.08. The van der Waals surface area contributed by atoms with Crippen LogP contribution in [-0.4, -0.2) is 22.2 Å². The standard InChI is InChI=1S/C18H16O4/c1-11(17(19)20)9-13-7-8-14(10-12(2)18(21)22)16-6-4-3-5-15(13)16/h3-10H,1-2H3,(H,19,20)(H,21,22)/b11-9+,12-10+. The molecule has 2 N–H and O–H groups in total. The van der Waals surface area contributed by atoms with Crippen molar-refractivity contribution >= 4 is 34.9 Å². The number of carboxylic acids is 2. The number of carboxylic acid groups (broad SMARTS) is 2. The summed E-state index contributed by atoms with van der Waals surface area (Å²) in [6, 6.07) is 11.1. The van der Waals surface area contributed by atoms with E-state index in [4.69, 9.17) is 10.2 Å². The van der Waals surface area contributed by atoms with Gasteiger partial charge in [-0.2, -0.15) is 0 Å². The highest BCUT2D eigenvalue weighted by molar-refractivity contribution is 6.02. The van der Waals surface area contributed by atoms with Gasteiger partial charge in [0.05, 0.1) is 0 Å². The van der Waals surface area contributed by atoms with Crippen molar-refractivity contribution in [1.82, 2.24) is 0 Å². The van der Waals surface area contributed by atoms with Crippen LogP contribution in [0.2, 0.25) is 0 Å². The van der Waals surface area contributed by atoms with E-state index < -0.39 is 11.9 Å². The predicted octanol–water partition coefficient (Wildman–Crippen LogP) is 3.82. The van der Waals surface area contributed by atoms with Gasteiger partial charge in [-0.3, -0.25) is 0 Å². The number of hydrogen-bond acceptors (Lipinski definition) is 2. The van der Waals surface area contributed by atoms with E-state index >= 15 is 0 Å². The lowest BCUT2D eigenvalue weighted by Gasteiger charge is -2.07. The van der Waals surface area contributed by atoms with Crippen molar-refractivity contribution in [3.05, 3.63) is 58.7 Å². The molecular weight excluding hydrogens is 280 g/mol. The van der Waals surface area contributed by atoms with Gasteiger partial charge in [0.2, 0.25) is 0 Å². The minimum absolute atomic E-state index is 0.246. The molecule has 0 saturated heterocycles. The second kappa shape index (κ2) is 6.26. The molecule has 0 aromatic heterocycles. The lowest BCUT2D eigenvalue weighted by atomic mass is 9.97. The van der Waals surface area contributed by atoms with Gasteiger partial charge in [-0.05, 0) is 47.9 Å². The van der Waals surface area contributed by atoms with Crippen LogP contribution < -0.4 is 0 Å². The van der Waals surface area contributed by atoms with Crippen LogP contribution in [0.1, 0.15) is 25.0 Å². The van der Waals surface area contributed by atoms with E-state index in [1.165, 1.54) is 0 Å². The molecule has 0 spiro atoms. The summed E-state index contributed by atoms with van der Waals surface area (Å²) in [6.07, 6.45) is 3.23. The van der Waals surface area contributed by atoms with Crippen LogP contribution in [0.25, 0.3) is 22.9 Å². The lowest BCUT2D eigenvalue weighted by Crippen LogP contribution is -1.97. The summed E-state index contributed by atoms with van der Waals surface area (Å²) < 4.78 is 0. The van der Waals surface area contributed by atoms with Gasteiger partial charge in [-0.25, -0.2) is 9.59 Å². The smallest absolute Gasteiger partial charge is 0.331 e. The molecule has 0 aliphatic rings. The largest absolute Gasteiger partial charge is 0.478 e. The molecule has 4 heteroatoms. The highest BCUT2D eigenvalue weighted by Gasteiger charge is 2.07. The Morgan fingerprint density at radius 1 is 0.773 bits per heavy atom. The average molecular weight is 296 g/mol. The van der Waals surface area contributed by atoms with Gasteiger partial charge >= 0.3 is 11.9 Å². The van der Waals surface area contributed by atoms with Gasteiger partial charge in [-0.1, -0.05) is 36.4 Å². The molecule has 2 rings (SSSR count). The van der Waals surface area contributed by atoms with E-state index in [9.17, 15) is 9.59 Å². The minimum Gasteiger partial charge on any atom is -0.478 e. The third-order valence-corrected chi connectivity index (χ3v) is 3.41. The molecule has 0 radical (unpaired) electrons. The minimum atomic E-state index is -0.963. The summed E-state index contributed by atoms with van der Waals surface area (Å²) in [5.41, 5.74) is 2.08. The topological polar surface area (TPSA) is 74.6 Å². The molecule has 2 aromatic carbocycles. The first-order valence-corrected chi connectivity index (χ1v) is 6.75. The van der Waals surface area contributed by atoms with Crippen molar-refractivity contribution in [2.24, 2.45) is 0 Å². The van der Waals surface area contributed by atoms with Crippen molar-refractivity contribution in [2.45, 2.75) is 13.8 Å². The van der Waals surface area contributed by atoms with Crippen molar-refractivity contribution in [2.75, 3.05) is 0 Å². The van der Waals surface area contributed by atoms with E-state index in [0.717, 1.165) is 21.9 Å². The maximum atomic E-state index is 11.0. The van der Waals surface area contributed by atoms with Crippen LogP contribution in [0.3, 0.4) is 0 Å². The first-order valence-electron chi connectivity index (χ1n) is 6.75. The van der Waals surface area contributed by atoms with Gasteiger partial charge < -0.3 is 10.2 Å². The monoisotopic (exact) mass is 296 g/mol. The summed E-state index contributed by atoms with van der Waals surface area (Å²) >= 11 is 0. The molecule has 0 heterocycles. The molecule has 0 aliphatic heterocycles. The predicted molar refractivity (Wildman–Crippen MR) is 86.5 cm³/mol. The molecule has 0 bridgehead atoms. The van der Waals surface area contributed by atoms with Gasteiger partial charge in [-0.15, -0.1) is 0 Å². The Bertz CT molecular complexity index is 744. The van der Waals surface area contributed by atoms with Crippen LogP contribution in [0.5, 0.6) is 0 Å². The van der Waals surface area contributed by atoms with Crippen LogP contribution in [0.15, 0.2) is 47.5 Å². The summed E-state index contributed by atoms with van der Waals surface area (Å²) in [7, 11) is 0. The van der Waals surface area contributed by atoms with Crippen LogP contribution >= 0.6 is 0 Å². The molecule has 0 atom stereocenters. The zero-order chi connectivity index (χ0) is 16.3. The SMILES string of the molecule is C/C(=C\c1ccc(/C=C(\C)C(=O)O)c2ccccc12)C(=O)O. The summed E-state index contributed by atoms with van der Waals surface area (Å²) in [4.78, 5) is 22.0. The van der Waals surface area contributed by atoms with E-state index in [2.05, 4.69) is 0 Å². The number of hydrogen-bond donors (Lipinski definition) is 2. The molecule has 0 aliphatic carbocycles. The molecular formula is C18H16O4. The lowest BCUT2D eigenvalue weighted by molar-refractivity contribution is -0.133. The van der Waals surface area contributed by atoms with Gasteiger partial charge in [0.15, 0.2) is 0 Å². The summed E-state index contributed by atoms with van der Waals surface area (Å²) in [5, 5.41) is 19.8. The van der Waals surface area contributed by atoms with Crippen molar-refractivity contribution in [3.63, 3.8) is 0 Å². The van der Waals surface area contributed by atoms with E-state index in [1.54, 1.807) is 38.1 Å². The van der Waals surface area contributed by atoms with Crippen LogP contribution in [0.4, 0.5) is 0 Å². The van der Waals surface area contributed by atoms with Gasteiger partial charge in [0.25, 0.3) is 0 Å². The molecule has 0 fully saturated rings. The number of fused-ring (bicyclic) bond motifs is 1. The summed E-state index contributed by atoms with van der Waals surface area (Å²) in [5.74, 6) is -1.93. The number of aliphatic carboxylic acids is 2. The van der Waals surface area contributed by atoms with Gasteiger partial charge in [0, 0.05) is 11.1 Å². The van der Waals surface area contributed by atoms with Crippen molar-refractivity contribution in [1.29, 1.82) is 0 Å². The fraction of sp³-hybridized carbons (Fsp3) is 0.111.